The van der Waals surface area contributed by atoms with Crippen molar-refractivity contribution in [2.24, 2.45) is 0 Å². The number of hydrogen-bond donors (Lipinski definition) is 1. The highest BCUT2D eigenvalue weighted by Gasteiger charge is 2.13. The average Bonchev–Trinajstić information content (AvgIpc) is 2.76. The second-order valence-corrected chi connectivity index (χ2v) is 5.00. The molecule has 0 aromatic carbocycles. The highest BCUT2D eigenvalue weighted by atomic mass is 35.5. The van der Waals surface area contributed by atoms with E-state index in [0.29, 0.717) is 5.56 Å². The highest BCUT2D eigenvalue weighted by molar-refractivity contribution is 6.33. The third-order valence-electron chi connectivity index (χ3n) is 2.38. The normalized spacial score (nSPS) is 10.8. The number of nitrogens with one attached hydrogen (secondary N) is 1. The number of carbonyl (C=O) groups excluding carboxylic acids is 1. The highest BCUT2D eigenvalue weighted by Crippen LogP contribution is 2.19. The molecule has 1 N–H and O–H groups in total. The molecule has 0 fully saturated rings. The molecule has 0 atom stereocenters. The van der Waals surface area contributed by atoms with Crippen LogP contribution in [0.3, 0.4) is 0 Å². The summed E-state index contributed by atoms with van der Waals surface area (Å²) < 4.78 is 5.02. The molecule has 2 heterocycles. The summed E-state index contributed by atoms with van der Waals surface area (Å²) in [7, 11) is 0. The van der Waals surface area contributed by atoms with Gasteiger partial charge in [0.2, 0.25) is 5.88 Å². The van der Waals surface area contributed by atoms with Gasteiger partial charge in [0.05, 0.1) is 5.69 Å². The quantitative estimate of drug-likeness (QED) is 0.876. The van der Waals surface area contributed by atoms with E-state index in [-0.39, 0.29) is 22.1 Å². The summed E-state index contributed by atoms with van der Waals surface area (Å²) in [6.07, 6.45) is 0. The van der Waals surface area contributed by atoms with E-state index in [2.05, 4.69) is 15.5 Å². The maximum atomic E-state index is 12.0. The Bertz CT molecular complexity index is 591. The third kappa shape index (κ3) is 3.45. The number of anilines is 1. The molecule has 0 bridgehead atoms. The van der Waals surface area contributed by atoms with Crippen LogP contribution >= 0.6 is 23.2 Å². The van der Waals surface area contributed by atoms with Crippen molar-refractivity contribution >= 4 is 35.0 Å². The fraction of sp³-hybridized carbons (Fsp3) is 0.250. The number of amides is 1. The molecular weight excluding hydrogens is 289 g/mol. The Hall–Kier alpha value is -1.59. The fourth-order valence-corrected chi connectivity index (χ4v) is 1.86. The van der Waals surface area contributed by atoms with Crippen LogP contribution in [0, 0.1) is 0 Å². The Morgan fingerprint density at radius 2 is 1.89 bits per heavy atom. The van der Waals surface area contributed by atoms with Crippen molar-refractivity contribution in [3.8, 4) is 0 Å². The lowest BCUT2D eigenvalue weighted by Crippen LogP contribution is -2.11. The zero-order valence-electron chi connectivity index (χ0n) is 10.3. The van der Waals surface area contributed by atoms with Crippen LogP contribution in [0.2, 0.25) is 10.3 Å². The van der Waals surface area contributed by atoms with Crippen LogP contribution in [0.5, 0.6) is 0 Å². The molecule has 0 aliphatic carbocycles. The molecule has 0 saturated carbocycles. The smallest absolute Gasteiger partial charge is 0.258 e. The first kappa shape index (κ1) is 13.8. The number of aromatic nitrogens is 2. The van der Waals surface area contributed by atoms with Gasteiger partial charge < -0.3 is 4.52 Å². The first-order valence-corrected chi connectivity index (χ1v) is 6.32. The zero-order valence-corrected chi connectivity index (χ0v) is 11.8. The van der Waals surface area contributed by atoms with E-state index in [4.69, 9.17) is 27.7 Å². The lowest BCUT2D eigenvalue weighted by Gasteiger charge is -2.02. The van der Waals surface area contributed by atoms with E-state index in [9.17, 15) is 4.79 Å². The van der Waals surface area contributed by atoms with Gasteiger partial charge >= 0.3 is 0 Å². The number of hydrogen-bond acceptors (Lipinski definition) is 4. The zero-order chi connectivity index (χ0) is 14.0. The van der Waals surface area contributed by atoms with Crippen LogP contribution in [0.15, 0.2) is 22.7 Å². The second kappa shape index (κ2) is 5.59. The van der Waals surface area contributed by atoms with E-state index in [1.54, 1.807) is 6.07 Å². The molecule has 19 heavy (non-hydrogen) atoms. The Labute approximate surface area is 119 Å². The number of rotatable bonds is 3. The largest absolute Gasteiger partial charge is 0.338 e. The van der Waals surface area contributed by atoms with Gasteiger partial charge in [0, 0.05) is 11.6 Å². The van der Waals surface area contributed by atoms with Gasteiger partial charge in [-0.3, -0.25) is 10.1 Å². The summed E-state index contributed by atoms with van der Waals surface area (Å²) in [6, 6.07) is 4.51. The number of carbonyl (C=O) groups is 1. The van der Waals surface area contributed by atoms with Crippen molar-refractivity contribution in [1.82, 2.24) is 10.1 Å². The van der Waals surface area contributed by atoms with Gasteiger partial charge in [0.15, 0.2) is 0 Å². The average molecular weight is 300 g/mol. The maximum Gasteiger partial charge on any atom is 0.258 e. The molecule has 0 aliphatic heterocycles. The van der Waals surface area contributed by atoms with E-state index in [1.165, 1.54) is 12.1 Å². The van der Waals surface area contributed by atoms with Gasteiger partial charge in [0.1, 0.15) is 10.3 Å². The van der Waals surface area contributed by atoms with Crippen molar-refractivity contribution in [2.45, 2.75) is 19.8 Å². The topological polar surface area (TPSA) is 68.0 Å². The van der Waals surface area contributed by atoms with Crippen LogP contribution < -0.4 is 5.32 Å². The molecule has 0 aliphatic rings. The molecule has 2 rings (SSSR count). The van der Waals surface area contributed by atoms with E-state index in [1.807, 2.05) is 13.8 Å². The second-order valence-electron chi connectivity index (χ2n) is 4.23. The molecule has 0 spiro atoms. The lowest BCUT2D eigenvalue weighted by atomic mass is 10.1. The summed E-state index contributed by atoms with van der Waals surface area (Å²) in [4.78, 5) is 15.7. The first-order chi connectivity index (χ1) is 8.95. The number of nitrogens with zero attached hydrogens (tertiary/aromatic N) is 2. The van der Waals surface area contributed by atoms with Crippen molar-refractivity contribution in [2.75, 3.05) is 5.32 Å². The minimum absolute atomic E-state index is 0.151. The predicted octanol–water partition coefficient (Wildman–Crippen LogP) is 3.75. The van der Waals surface area contributed by atoms with E-state index in [0.717, 1.165) is 5.69 Å². The van der Waals surface area contributed by atoms with Crippen molar-refractivity contribution in [3.63, 3.8) is 0 Å². The van der Waals surface area contributed by atoms with Crippen LogP contribution in [-0.2, 0) is 0 Å². The lowest BCUT2D eigenvalue weighted by molar-refractivity contribution is 0.102. The molecule has 0 radical (unpaired) electrons. The monoisotopic (exact) mass is 299 g/mol. The van der Waals surface area contributed by atoms with Crippen LogP contribution in [0.4, 0.5) is 5.88 Å². The molecule has 0 saturated heterocycles. The van der Waals surface area contributed by atoms with Gasteiger partial charge in [-0.2, -0.15) is 0 Å². The van der Waals surface area contributed by atoms with Gasteiger partial charge in [-0.05, 0) is 18.1 Å². The standard InChI is InChI=1S/C12H11Cl2N3O2/c1-6(2)8-5-11(19-17-8)16-12(18)7-3-9(13)15-10(14)4-7/h3-6H,1-2H3,(H,16,18). The number of pyridine rings is 1. The third-order valence-corrected chi connectivity index (χ3v) is 2.77. The Balaban J connectivity index is 2.15. The summed E-state index contributed by atoms with van der Waals surface area (Å²) >= 11 is 11.5. The predicted molar refractivity (Wildman–Crippen MR) is 72.8 cm³/mol. The molecule has 2 aromatic heterocycles. The van der Waals surface area contributed by atoms with Crippen LogP contribution in [0.25, 0.3) is 0 Å². The maximum absolute atomic E-state index is 12.0. The van der Waals surface area contributed by atoms with Crippen molar-refractivity contribution in [3.05, 3.63) is 39.8 Å². The van der Waals surface area contributed by atoms with Gasteiger partial charge in [0.25, 0.3) is 5.91 Å². The minimum Gasteiger partial charge on any atom is -0.338 e. The van der Waals surface area contributed by atoms with Gasteiger partial charge in [-0.25, -0.2) is 4.98 Å². The minimum atomic E-state index is -0.391. The molecule has 7 heteroatoms. The summed E-state index contributed by atoms with van der Waals surface area (Å²) in [5.74, 6) is 0.106. The molecule has 2 aromatic rings. The Morgan fingerprint density at radius 3 is 2.42 bits per heavy atom. The molecule has 100 valence electrons. The number of halogens is 2. The van der Waals surface area contributed by atoms with Crippen molar-refractivity contribution < 1.29 is 9.32 Å². The summed E-state index contributed by atoms with van der Waals surface area (Å²) in [5, 5.41) is 6.72. The SMILES string of the molecule is CC(C)c1cc(NC(=O)c2cc(Cl)nc(Cl)c2)on1. The summed E-state index contributed by atoms with van der Waals surface area (Å²) in [5.41, 5.74) is 1.06. The van der Waals surface area contributed by atoms with Crippen molar-refractivity contribution in [1.29, 1.82) is 0 Å². The van der Waals surface area contributed by atoms with Gasteiger partial charge in [-0.15, -0.1) is 0 Å². The molecule has 1 amide bonds. The molecule has 0 unspecified atom stereocenters. The Kier molecular flexibility index (Phi) is 4.07. The molecule has 5 nitrogen and oxygen atoms in total. The van der Waals surface area contributed by atoms with Crippen LogP contribution in [-0.4, -0.2) is 16.0 Å². The van der Waals surface area contributed by atoms with Gasteiger partial charge in [-0.1, -0.05) is 42.2 Å². The van der Waals surface area contributed by atoms with E-state index < -0.39 is 5.91 Å². The summed E-state index contributed by atoms with van der Waals surface area (Å²) in [6.45, 7) is 3.96. The van der Waals surface area contributed by atoms with Crippen LogP contribution in [0.1, 0.15) is 35.8 Å². The fourth-order valence-electron chi connectivity index (χ4n) is 1.40. The molecular formula is C12H11Cl2N3O2. The Morgan fingerprint density at radius 1 is 1.26 bits per heavy atom. The van der Waals surface area contributed by atoms with E-state index >= 15 is 0 Å². The first-order valence-electron chi connectivity index (χ1n) is 5.57.